The van der Waals surface area contributed by atoms with E-state index < -0.39 is 6.04 Å². The fraction of sp³-hybridized carbons (Fsp3) is 0.273. The van der Waals surface area contributed by atoms with E-state index in [0.29, 0.717) is 5.69 Å². The van der Waals surface area contributed by atoms with E-state index in [1.807, 2.05) is 0 Å². The van der Waals surface area contributed by atoms with Gasteiger partial charge < -0.3 is 15.7 Å². The summed E-state index contributed by atoms with van der Waals surface area (Å²) in [7, 11) is 0. The molecule has 1 aliphatic heterocycles. The first-order chi connectivity index (χ1) is 8.15. The summed E-state index contributed by atoms with van der Waals surface area (Å²) >= 11 is 0. The number of rotatable bonds is 2. The number of anilines is 1. The molecule has 1 saturated heterocycles. The number of amides is 2. The molecule has 0 spiro atoms. The Morgan fingerprint density at radius 2 is 2.29 bits per heavy atom. The predicted octanol–water partition coefficient (Wildman–Crippen LogP) is -0.581. The Morgan fingerprint density at radius 1 is 1.47 bits per heavy atom. The third kappa shape index (κ3) is 2.94. The summed E-state index contributed by atoms with van der Waals surface area (Å²) in [6.45, 7) is 0.404. The number of benzene rings is 1. The van der Waals surface area contributed by atoms with Crippen molar-refractivity contribution in [3.8, 4) is 5.75 Å². The monoisotopic (exact) mass is 235 g/mol. The molecule has 1 aromatic carbocycles. The smallest absolute Gasteiger partial charge is 0.243 e. The molecule has 1 heterocycles. The zero-order valence-electron chi connectivity index (χ0n) is 9.06. The number of phenols is 1. The minimum Gasteiger partial charge on any atom is -0.508 e. The molecule has 1 aromatic rings. The number of hydrogen-bond acceptors (Lipinski definition) is 4. The van der Waals surface area contributed by atoms with Crippen molar-refractivity contribution in [2.24, 2.45) is 0 Å². The van der Waals surface area contributed by atoms with Crippen LogP contribution >= 0.6 is 0 Å². The van der Waals surface area contributed by atoms with Gasteiger partial charge in [-0.2, -0.15) is 0 Å². The van der Waals surface area contributed by atoms with Gasteiger partial charge in [0, 0.05) is 18.3 Å². The lowest BCUT2D eigenvalue weighted by atomic mass is 10.2. The zero-order valence-corrected chi connectivity index (χ0v) is 9.06. The number of piperazine rings is 1. The molecule has 17 heavy (non-hydrogen) atoms. The summed E-state index contributed by atoms with van der Waals surface area (Å²) < 4.78 is 0. The summed E-state index contributed by atoms with van der Waals surface area (Å²) in [5.41, 5.74) is 0.522. The second-order valence-electron chi connectivity index (χ2n) is 3.78. The first kappa shape index (κ1) is 11.4. The number of nitrogens with one attached hydrogen (secondary N) is 3. The number of carbonyl (C=O) groups is 2. The molecule has 4 N–H and O–H groups in total. The number of carbonyl (C=O) groups excluding carboxylic acids is 2. The number of phenolic OH excluding ortho intramolecular Hbond substituents is 1. The second-order valence-corrected chi connectivity index (χ2v) is 3.78. The first-order valence-corrected chi connectivity index (χ1v) is 5.25. The van der Waals surface area contributed by atoms with Crippen LogP contribution in [0.4, 0.5) is 5.69 Å². The van der Waals surface area contributed by atoms with Gasteiger partial charge in [-0.3, -0.25) is 14.9 Å². The van der Waals surface area contributed by atoms with E-state index in [-0.39, 0.29) is 30.7 Å². The van der Waals surface area contributed by atoms with Crippen LogP contribution in [0.15, 0.2) is 24.3 Å². The van der Waals surface area contributed by atoms with E-state index in [4.69, 9.17) is 0 Å². The average Bonchev–Trinajstić information content (AvgIpc) is 2.29. The highest BCUT2D eigenvalue weighted by Gasteiger charge is 2.23. The lowest BCUT2D eigenvalue weighted by molar-refractivity contribution is -0.124. The van der Waals surface area contributed by atoms with Crippen LogP contribution in [-0.4, -0.2) is 36.1 Å². The highest BCUT2D eigenvalue weighted by molar-refractivity contribution is 5.96. The lowest BCUT2D eigenvalue weighted by Gasteiger charge is -2.23. The van der Waals surface area contributed by atoms with E-state index in [0.717, 1.165) is 0 Å². The highest BCUT2D eigenvalue weighted by Crippen LogP contribution is 2.15. The van der Waals surface area contributed by atoms with Gasteiger partial charge in [0.25, 0.3) is 0 Å². The van der Waals surface area contributed by atoms with Gasteiger partial charge in [0.1, 0.15) is 11.8 Å². The molecule has 2 amide bonds. The summed E-state index contributed by atoms with van der Waals surface area (Å²) in [6.07, 6.45) is 0. The summed E-state index contributed by atoms with van der Waals surface area (Å²) in [4.78, 5) is 22.7. The lowest BCUT2D eigenvalue weighted by Crippen LogP contribution is -2.56. The molecular weight excluding hydrogens is 222 g/mol. The minimum atomic E-state index is -0.449. The zero-order chi connectivity index (χ0) is 12.3. The summed E-state index contributed by atoms with van der Waals surface area (Å²) in [5.74, 6) is -0.269. The topological polar surface area (TPSA) is 90.5 Å². The fourth-order valence-corrected chi connectivity index (χ4v) is 1.56. The van der Waals surface area contributed by atoms with E-state index in [1.165, 1.54) is 12.1 Å². The van der Waals surface area contributed by atoms with Crippen LogP contribution in [0, 0.1) is 0 Å². The van der Waals surface area contributed by atoms with Crippen LogP contribution < -0.4 is 16.0 Å². The first-order valence-electron chi connectivity index (χ1n) is 5.25. The molecule has 0 aromatic heterocycles. The van der Waals surface area contributed by atoms with Gasteiger partial charge in [0.15, 0.2) is 0 Å². The van der Waals surface area contributed by atoms with Gasteiger partial charge in [-0.25, -0.2) is 0 Å². The molecule has 1 unspecified atom stereocenters. The normalized spacial score (nSPS) is 19.5. The van der Waals surface area contributed by atoms with Crippen LogP contribution in [0.1, 0.15) is 0 Å². The van der Waals surface area contributed by atoms with Crippen molar-refractivity contribution in [2.75, 3.05) is 18.4 Å². The molecular formula is C11H13N3O3. The molecule has 6 heteroatoms. The molecule has 0 radical (unpaired) electrons. The Labute approximate surface area is 98.0 Å². The Morgan fingerprint density at radius 3 is 2.94 bits per heavy atom. The van der Waals surface area contributed by atoms with Crippen LogP contribution in [0.3, 0.4) is 0 Å². The molecule has 0 aliphatic carbocycles. The highest BCUT2D eigenvalue weighted by atomic mass is 16.3. The van der Waals surface area contributed by atoms with Crippen molar-refractivity contribution in [3.63, 3.8) is 0 Å². The van der Waals surface area contributed by atoms with E-state index in [9.17, 15) is 14.7 Å². The van der Waals surface area contributed by atoms with E-state index in [2.05, 4.69) is 16.0 Å². The Hall–Kier alpha value is -2.08. The Bertz CT molecular complexity index is 437. The third-order valence-corrected chi connectivity index (χ3v) is 2.44. The second kappa shape index (κ2) is 4.84. The average molecular weight is 235 g/mol. The third-order valence-electron chi connectivity index (χ3n) is 2.44. The summed E-state index contributed by atoms with van der Waals surface area (Å²) in [5, 5.41) is 17.3. The van der Waals surface area contributed by atoms with Crippen molar-refractivity contribution in [3.05, 3.63) is 24.3 Å². The van der Waals surface area contributed by atoms with Crippen LogP contribution in [-0.2, 0) is 9.59 Å². The largest absolute Gasteiger partial charge is 0.508 e. The van der Waals surface area contributed by atoms with Gasteiger partial charge in [0.05, 0.1) is 6.54 Å². The number of aromatic hydroxyl groups is 1. The van der Waals surface area contributed by atoms with Gasteiger partial charge in [-0.05, 0) is 12.1 Å². The fourth-order valence-electron chi connectivity index (χ4n) is 1.56. The maximum Gasteiger partial charge on any atom is 0.243 e. The Balaban J connectivity index is 1.95. The minimum absolute atomic E-state index is 0.0905. The van der Waals surface area contributed by atoms with Gasteiger partial charge in [-0.15, -0.1) is 0 Å². The van der Waals surface area contributed by atoms with E-state index in [1.54, 1.807) is 12.1 Å². The molecule has 0 saturated carbocycles. The Kier molecular flexibility index (Phi) is 3.24. The molecule has 1 fully saturated rings. The molecule has 1 aliphatic rings. The quantitative estimate of drug-likeness (QED) is 0.552. The summed E-state index contributed by atoms with van der Waals surface area (Å²) in [6, 6.07) is 5.85. The molecule has 6 nitrogen and oxygen atoms in total. The van der Waals surface area contributed by atoms with E-state index >= 15 is 0 Å². The molecule has 0 bridgehead atoms. The van der Waals surface area contributed by atoms with Crippen LogP contribution in [0.5, 0.6) is 5.75 Å². The van der Waals surface area contributed by atoms with Crippen molar-refractivity contribution in [1.82, 2.24) is 10.6 Å². The van der Waals surface area contributed by atoms with Crippen molar-refractivity contribution in [2.45, 2.75) is 6.04 Å². The van der Waals surface area contributed by atoms with Gasteiger partial charge in [0.2, 0.25) is 11.8 Å². The van der Waals surface area contributed by atoms with Crippen molar-refractivity contribution in [1.29, 1.82) is 0 Å². The number of hydrogen-bond donors (Lipinski definition) is 4. The molecule has 2 rings (SSSR count). The maximum absolute atomic E-state index is 11.8. The van der Waals surface area contributed by atoms with Gasteiger partial charge in [-0.1, -0.05) is 6.07 Å². The predicted molar refractivity (Wildman–Crippen MR) is 61.5 cm³/mol. The van der Waals surface area contributed by atoms with Crippen molar-refractivity contribution < 1.29 is 14.7 Å². The van der Waals surface area contributed by atoms with Crippen LogP contribution in [0.25, 0.3) is 0 Å². The van der Waals surface area contributed by atoms with Crippen LogP contribution in [0.2, 0.25) is 0 Å². The SMILES string of the molecule is O=C1CNC(C(=O)Nc2cccc(O)c2)CN1. The van der Waals surface area contributed by atoms with Crippen molar-refractivity contribution >= 4 is 17.5 Å². The maximum atomic E-state index is 11.8. The molecule has 1 atom stereocenters. The molecule has 90 valence electrons. The van der Waals surface area contributed by atoms with Gasteiger partial charge >= 0.3 is 0 Å². The standard InChI is InChI=1S/C11H13N3O3/c15-8-3-1-2-7(4-8)14-11(17)9-5-13-10(16)6-12-9/h1-4,9,12,15H,5-6H2,(H,13,16)(H,14,17).